The molecule has 0 unspecified atom stereocenters. The number of hydrogen-bond donors (Lipinski definition) is 2. The topological polar surface area (TPSA) is 102 Å². The fraction of sp³-hybridized carbons (Fsp3) is 0.632. The van der Waals surface area contributed by atoms with Crippen molar-refractivity contribution in [2.45, 2.75) is 51.0 Å². The van der Waals surface area contributed by atoms with Gasteiger partial charge in [-0.1, -0.05) is 27.2 Å². The third-order valence-electron chi connectivity index (χ3n) is 5.15. The van der Waals surface area contributed by atoms with E-state index in [1.807, 2.05) is 0 Å². The van der Waals surface area contributed by atoms with Gasteiger partial charge >= 0.3 is 0 Å². The van der Waals surface area contributed by atoms with E-state index in [9.17, 15) is 13.2 Å². The lowest BCUT2D eigenvalue weighted by Gasteiger charge is -2.23. The summed E-state index contributed by atoms with van der Waals surface area (Å²) < 4.78 is 29.1. The number of sulfonamides is 1. The van der Waals surface area contributed by atoms with E-state index in [1.165, 1.54) is 18.2 Å². The van der Waals surface area contributed by atoms with Crippen LogP contribution in [0.5, 0.6) is 5.75 Å². The Hall–Kier alpha value is -1.64. The van der Waals surface area contributed by atoms with Gasteiger partial charge in [-0.05, 0) is 50.0 Å². The predicted octanol–water partition coefficient (Wildman–Crippen LogP) is 1.97. The molecule has 0 aliphatic carbocycles. The number of carbonyl (C=O) groups excluding carboxylic acids is 1. The zero-order chi connectivity index (χ0) is 20.0. The fourth-order valence-corrected chi connectivity index (χ4v) is 3.73. The largest absolute Gasteiger partial charge is 0.492 e. The first-order chi connectivity index (χ1) is 12.8. The maximum Gasteiger partial charge on any atom is 0.255 e. The van der Waals surface area contributed by atoms with Crippen LogP contribution in [0, 0.1) is 5.92 Å². The maximum atomic E-state index is 12.8. The number of nitrogens with two attached hydrogens (primary N) is 1. The molecule has 27 heavy (non-hydrogen) atoms. The summed E-state index contributed by atoms with van der Waals surface area (Å²) in [6, 6.07) is 4.48. The number of carbonyl (C=O) groups is 1. The normalized spacial score (nSPS) is 19.0. The molecule has 2 atom stereocenters. The highest BCUT2D eigenvalue weighted by molar-refractivity contribution is 7.89. The van der Waals surface area contributed by atoms with Crippen molar-refractivity contribution in [2.24, 2.45) is 11.1 Å². The lowest BCUT2D eigenvalue weighted by molar-refractivity contribution is 0.0936. The average molecular weight is 398 g/mol. The molecule has 1 amide bonds. The van der Waals surface area contributed by atoms with Gasteiger partial charge in [0.05, 0.1) is 17.1 Å². The molecule has 0 spiro atoms. The highest BCUT2D eigenvalue weighted by Gasteiger charge is 2.24. The lowest BCUT2D eigenvalue weighted by Crippen LogP contribution is -2.40. The van der Waals surface area contributed by atoms with Gasteiger partial charge in [0, 0.05) is 12.6 Å². The number of hydrogen-bond acceptors (Lipinski definition) is 5. The Morgan fingerprint density at radius 3 is 2.78 bits per heavy atom. The van der Waals surface area contributed by atoms with Crippen LogP contribution in [0.3, 0.4) is 0 Å². The molecular formula is C19H31N3O4S. The number of likely N-dealkylation sites (N-methyl/N-ethyl adjacent to an activating group) is 1. The predicted molar refractivity (Wildman–Crippen MR) is 105 cm³/mol. The van der Waals surface area contributed by atoms with Gasteiger partial charge in [0.1, 0.15) is 5.75 Å². The molecule has 2 rings (SSSR count). The van der Waals surface area contributed by atoms with Gasteiger partial charge < -0.3 is 10.1 Å². The highest BCUT2D eigenvalue weighted by atomic mass is 32.2. The van der Waals surface area contributed by atoms with Gasteiger partial charge in [0.2, 0.25) is 10.0 Å². The van der Waals surface area contributed by atoms with Gasteiger partial charge in [-0.2, -0.15) is 0 Å². The average Bonchev–Trinajstić information content (AvgIpc) is 3.10. The second-order valence-electron chi connectivity index (χ2n) is 7.16. The van der Waals surface area contributed by atoms with Crippen LogP contribution in [0.2, 0.25) is 0 Å². The second-order valence-corrected chi connectivity index (χ2v) is 8.72. The van der Waals surface area contributed by atoms with E-state index in [4.69, 9.17) is 9.88 Å². The zero-order valence-corrected chi connectivity index (χ0v) is 17.2. The van der Waals surface area contributed by atoms with Crippen LogP contribution in [0.1, 0.15) is 50.4 Å². The van der Waals surface area contributed by atoms with Crippen molar-refractivity contribution in [3.8, 4) is 5.75 Å². The Labute approximate surface area is 162 Å². The number of rotatable bonds is 9. The molecule has 1 heterocycles. The number of nitrogens with zero attached hydrogens (tertiary/aromatic N) is 1. The summed E-state index contributed by atoms with van der Waals surface area (Å²) in [5.41, 5.74) is 0.200. The Kier molecular flexibility index (Phi) is 7.64. The minimum absolute atomic E-state index is 0.0976. The Morgan fingerprint density at radius 1 is 1.41 bits per heavy atom. The van der Waals surface area contributed by atoms with Crippen LogP contribution in [0.15, 0.2) is 23.1 Å². The Morgan fingerprint density at radius 2 is 2.15 bits per heavy atom. The van der Waals surface area contributed by atoms with Crippen molar-refractivity contribution in [3.05, 3.63) is 23.8 Å². The molecule has 8 heteroatoms. The smallest absolute Gasteiger partial charge is 0.255 e. The minimum Gasteiger partial charge on any atom is -0.492 e. The van der Waals surface area contributed by atoms with E-state index in [-0.39, 0.29) is 16.4 Å². The molecule has 0 radical (unpaired) electrons. The van der Waals surface area contributed by atoms with E-state index in [0.29, 0.717) is 30.9 Å². The molecule has 1 aliphatic heterocycles. The summed E-state index contributed by atoms with van der Waals surface area (Å²) in [4.78, 5) is 15.0. The van der Waals surface area contributed by atoms with Gasteiger partial charge in [0.25, 0.3) is 5.91 Å². The number of amides is 1. The van der Waals surface area contributed by atoms with Crippen LogP contribution < -0.4 is 15.2 Å². The second kappa shape index (κ2) is 9.52. The molecule has 0 bridgehead atoms. The van der Waals surface area contributed by atoms with Crippen LogP contribution in [0.4, 0.5) is 0 Å². The van der Waals surface area contributed by atoms with Crippen molar-refractivity contribution in [1.82, 2.24) is 10.2 Å². The maximum absolute atomic E-state index is 12.8. The van der Waals surface area contributed by atoms with E-state index in [2.05, 4.69) is 31.0 Å². The molecule has 7 nitrogen and oxygen atoms in total. The van der Waals surface area contributed by atoms with E-state index in [0.717, 1.165) is 32.4 Å². The van der Waals surface area contributed by atoms with Crippen molar-refractivity contribution in [3.63, 3.8) is 0 Å². The standard InChI is InChI=1S/C19H31N3O4S/c1-4-14(3)13-26-18-9-8-16(27(20,24)25)11-17(18)19(23)21-12-15-7-6-10-22(15)5-2/h8-9,11,14-15H,4-7,10,12-13H2,1-3H3,(H,21,23)(H2,20,24,25)/t14-,15-/m0/s1. The van der Waals surface area contributed by atoms with Crippen molar-refractivity contribution in [2.75, 3.05) is 26.2 Å². The number of likely N-dealkylation sites (tertiary alicyclic amines) is 1. The van der Waals surface area contributed by atoms with E-state index >= 15 is 0 Å². The van der Waals surface area contributed by atoms with Crippen LogP contribution in [-0.2, 0) is 10.0 Å². The highest BCUT2D eigenvalue weighted by Crippen LogP contribution is 2.24. The first-order valence-electron chi connectivity index (χ1n) is 9.58. The summed E-state index contributed by atoms with van der Waals surface area (Å²) in [7, 11) is -3.90. The SMILES string of the molecule is CC[C@H](C)COc1ccc(S(N)(=O)=O)cc1C(=O)NC[C@@H]1CCCN1CC. The quantitative estimate of drug-likeness (QED) is 0.663. The summed E-state index contributed by atoms with van der Waals surface area (Å²) in [6.07, 6.45) is 3.12. The van der Waals surface area contributed by atoms with Crippen molar-refractivity contribution < 1.29 is 17.9 Å². The molecule has 1 aromatic rings. The third-order valence-corrected chi connectivity index (χ3v) is 6.06. The third kappa shape index (κ3) is 5.92. The summed E-state index contributed by atoms with van der Waals surface area (Å²) >= 11 is 0. The first kappa shape index (κ1) is 21.7. The monoisotopic (exact) mass is 397 g/mol. The lowest BCUT2D eigenvalue weighted by atomic mass is 10.1. The number of primary sulfonamides is 1. The van der Waals surface area contributed by atoms with Gasteiger partial charge in [-0.3, -0.25) is 9.69 Å². The number of nitrogens with one attached hydrogen (secondary N) is 1. The molecule has 152 valence electrons. The molecule has 0 aromatic heterocycles. The number of ether oxygens (including phenoxy) is 1. The van der Waals surface area contributed by atoms with Gasteiger partial charge in [-0.25, -0.2) is 13.6 Å². The van der Waals surface area contributed by atoms with E-state index in [1.54, 1.807) is 0 Å². The Balaban J connectivity index is 2.18. The van der Waals surface area contributed by atoms with Crippen molar-refractivity contribution >= 4 is 15.9 Å². The van der Waals surface area contributed by atoms with E-state index < -0.39 is 10.0 Å². The van der Waals surface area contributed by atoms with Crippen LogP contribution in [-0.4, -0.2) is 51.5 Å². The molecule has 1 fully saturated rings. The molecular weight excluding hydrogens is 366 g/mol. The zero-order valence-electron chi connectivity index (χ0n) is 16.4. The fourth-order valence-electron chi connectivity index (χ4n) is 3.19. The summed E-state index contributed by atoms with van der Waals surface area (Å²) in [5.74, 6) is 0.358. The minimum atomic E-state index is -3.90. The molecule has 1 saturated heterocycles. The van der Waals surface area contributed by atoms with Crippen molar-refractivity contribution in [1.29, 1.82) is 0 Å². The molecule has 3 N–H and O–H groups in total. The summed E-state index contributed by atoms with van der Waals surface area (Å²) in [5, 5.41) is 8.15. The van der Waals surface area contributed by atoms with Crippen LogP contribution in [0.25, 0.3) is 0 Å². The summed E-state index contributed by atoms with van der Waals surface area (Å²) in [6.45, 7) is 9.20. The van der Waals surface area contributed by atoms with Gasteiger partial charge in [0.15, 0.2) is 0 Å². The Bertz CT molecular complexity index is 751. The van der Waals surface area contributed by atoms with Crippen LogP contribution >= 0.6 is 0 Å². The molecule has 1 aliphatic rings. The molecule has 0 saturated carbocycles. The molecule has 1 aromatic carbocycles. The van der Waals surface area contributed by atoms with Gasteiger partial charge in [-0.15, -0.1) is 0 Å². The number of benzene rings is 1. The first-order valence-corrected chi connectivity index (χ1v) is 11.1.